The molecule has 0 aromatic carbocycles. The van der Waals surface area contributed by atoms with Crippen molar-refractivity contribution < 1.29 is 0 Å². The predicted molar refractivity (Wildman–Crippen MR) is 68.8 cm³/mol. The van der Waals surface area contributed by atoms with Crippen LogP contribution in [0.25, 0.3) is 0 Å². The van der Waals surface area contributed by atoms with E-state index < -0.39 is 0 Å². The monoisotopic (exact) mass is 225 g/mol. The molecule has 3 nitrogen and oxygen atoms in total. The molecule has 2 rings (SSSR count). The summed E-state index contributed by atoms with van der Waals surface area (Å²) in [6, 6.07) is 0. The summed E-state index contributed by atoms with van der Waals surface area (Å²) in [6.45, 7) is 9.10. The van der Waals surface area contributed by atoms with Crippen LogP contribution in [0, 0.1) is 5.92 Å². The van der Waals surface area contributed by atoms with Crippen molar-refractivity contribution in [2.24, 2.45) is 5.92 Å². The minimum absolute atomic E-state index is 0.976. The lowest BCUT2D eigenvalue weighted by Gasteiger charge is -2.33. The SMILES string of the molecule is CNCCN1CCC(CN2CCCC2)CC1. The molecule has 2 aliphatic rings. The van der Waals surface area contributed by atoms with Gasteiger partial charge in [0.1, 0.15) is 0 Å². The number of hydrogen-bond donors (Lipinski definition) is 1. The Labute approximate surface area is 100 Å². The van der Waals surface area contributed by atoms with Crippen LogP contribution in [-0.4, -0.2) is 62.7 Å². The smallest absolute Gasteiger partial charge is 0.0107 e. The van der Waals surface area contributed by atoms with Gasteiger partial charge in [0.15, 0.2) is 0 Å². The molecule has 0 atom stereocenters. The fraction of sp³-hybridized carbons (Fsp3) is 1.00. The van der Waals surface area contributed by atoms with Crippen LogP contribution >= 0.6 is 0 Å². The van der Waals surface area contributed by atoms with Crippen LogP contribution in [0.3, 0.4) is 0 Å². The lowest BCUT2D eigenvalue weighted by Crippen LogP contribution is -2.40. The first-order valence-corrected chi connectivity index (χ1v) is 6.98. The molecule has 0 aliphatic carbocycles. The van der Waals surface area contributed by atoms with Crippen molar-refractivity contribution >= 4 is 0 Å². The van der Waals surface area contributed by atoms with Gasteiger partial charge in [0.05, 0.1) is 0 Å². The summed E-state index contributed by atoms with van der Waals surface area (Å²) in [5, 5.41) is 3.24. The summed E-state index contributed by atoms with van der Waals surface area (Å²) in [5.74, 6) is 0.976. The Morgan fingerprint density at radius 1 is 1.00 bits per heavy atom. The van der Waals surface area contributed by atoms with E-state index in [2.05, 4.69) is 15.1 Å². The van der Waals surface area contributed by atoms with E-state index in [0.29, 0.717) is 0 Å². The van der Waals surface area contributed by atoms with Gasteiger partial charge in [0, 0.05) is 19.6 Å². The molecule has 2 aliphatic heterocycles. The van der Waals surface area contributed by atoms with Gasteiger partial charge in [0.25, 0.3) is 0 Å². The zero-order valence-electron chi connectivity index (χ0n) is 10.7. The molecule has 0 spiro atoms. The van der Waals surface area contributed by atoms with E-state index in [-0.39, 0.29) is 0 Å². The zero-order chi connectivity index (χ0) is 11.2. The minimum Gasteiger partial charge on any atom is -0.318 e. The molecule has 94 valence electrons. The van der Waals surface area contributed by atoms with Gasteiger partial charge in [-0.3, -0.25) is 0 Å². The van der Waals surface area contributed by atoms with Gasteiger partial charge in [-0.25, -0.2) is 0 Å². The molecule has 0 bridgehead atoms. The molecule has 0 amide bonds. The van der Waals surface area contributed by atoms with Crippen LogP contribution in [0.15, 0.2) is 0 Å². The van der Waals surface area contributed by atoms with Crippen molar-refractivity contribution in [3.63, 3.8) is 0 Å². The first-order chi connectivity index (χ1) is 7.88. The van der Waals surface area contributed by atoms with E-state index in [1.807, 2.05) is 7.05 Å². The van der Waals surface area contributed by atoms with Gasteiger partial charge >= 0.3 is 0 Å². The molecular formula is C13H27N3. The average molecular weight is 225 g/mol. The average Bonchev–Trinajstić information content (AvgIpc) is 2.81. The summed E-state index contributed by atoms with van der Waals surface area (Å²) < 4.78 is 0. The van der Waals surface area contributed by atoms with Crippen molar-refractivity contribution in [2.75, 3.05) is 52.9 Å². The lowest BCUT2D eigenvalue weighted by molar-refractivity contribution is 0.155. The summed E-state index contributed by atoms with van der Waals surface area (Å²) >= 11 is 0. The van der Waals surface area contributed by atoms with Crippen molar-refractivity contribution in [3.8, 4) is 0 Å². The van der Waals surface area contributed by atoms with E-state index >= 15 is 0 Å². The van der Waals surface area contributed by atoms with Crippen LogP contribution in [0.1, 0.15) is 25.7 Å². The van der Waals surface area contributed by atoms with Crippen LogP contribution in [0.4, 0.5) is 0 Å². The highest BCUT2D eigenvalue weighted by Gasteiger charge is 2.22. The van der Waals surface area contributed by atoms with Crippen molar-refractivity contribution in [3.05, 3.63) is 0 Å². The van der Waals surface area contributed by atoms with Gasteiger partial charge in [-0.1, -0.05) is 0 Å². The third-order valence-corrected chi connectivity index (χ3v) is 4.10. The number of nitrogens with one attached hydrogen (secondary N) is 1. The Balaban J connectivity index is 1.60. The predicted octanol–water partition coefficient (Wildman–Crippen LogP) is 1.01. The molecule has 2 saturated heterocycles. The van der Waals surface area contributed by atoms with Crippen LogP contribution in [0.2, 0.25) is 0 Å². The minimum atomic E-state index is 0.976. The number of rotatable bonds is 5. The van der Waals surface area contributed by atoms with E-state index in [1.54, 1.807) is 0 Å². The molecule has 1 N–H and O–H groups in total. The summed E-state index contributed by atoms with van der Waals surface area (Å²) in [5.41, 5.74) is 0. The van der Waals surface area contributed by atoms with Gasteiger partial charge in [0.2, 0.25) is 0 Å². The second-order valence-electron chi connectivity index (χ2n) is 5.40. The fourth-order valence-corrected chi connectivity index (χ4v) is 2.99. The van der Waals surface area contributed by atoms with Crippen LogP contribution < -0.4 is 5.32 Å². The van der Waals surface area contributed by atoms with Gasteiger partial charge < -0.3 is 15.1 Å². The van der Waals surface area contributed by atoms with Crippen molar-refractivity contribution in [2.45, 2.75) is 25.7 Å². The second kappa shape index (κ2) is 6.58. The van der Waals surface area contributed by atoms with E-state index in [9.17, 15) is 0 Å². The van der Waals surface area contributed by atoms with Crippen molar-refractivity contribution in [1.29, 1.82) is 0 Å². The third kappa shape index (κ3) is 3.72. The fourth-order valence-electron chi connectivity index (χ4n) is 2.99. The Bertz CT molecular complexity index is 182. The van der Waals surface area contributed by atoms with E-state index in [1.165, 1.54) is 65.0 Å². The molecular weight excluding hydrogens is 198 g/mol. The molecule has 0 aromatic rings. The number of likely N-dealkylation sites (N-methyl/N-ethyl adjacent to an activating group) is 1. The molecule has 2 heterocycles. The molecule has 16 heavy (non-hydrogen) atoms. The Hall–Kier alpha value is -0.120. The number of nitrogens with zero attached hydrogens (tertiary/aromatic N) is 2. The van der Waals surface area contributed by atoms with Gasteiger partial charge in [-0.15, -0.1) is 0 Å². The van der Waals surface area contributed by atoms with Gasteiger partial charge in [-0.05, 0) is 64.8 Å². The highest BCUT2D eigenvalue weighted by Crippen LogP contribution is 2.20. The maximum atomic E-state index is 3.24. The maximum Gasteiger partial charge on any atom is 0.0107 e. The topological polar surface area (TPSA) is 18.5 Å². The molecule has 0 saturated carbocycles. The summed E-state index contributed by atoms with van der Waals surface area (Å²) in [7, 11) is 2.04. The molecule has 3 heteroatoms. The molecule has 0 radical (unpaired) electrons. The first-order valence-electron chi connectivity index (χ1n) is 6.98. The Kier molecular flexibility index (Phi) is 5.07. The number of piperidine rings is 1. The highest BCUT2D eigenvalue weighted by molar-refractivity contribution is 4.77. The summed E-state index contributed by atoms with van der Waals surface area (Å²) in [4.78, 5) is 5.28. The zero-order valence-corrected chi connectivity index (χ0v) is 10.7. The van der Waals surface area contributed by atoms with E-state index in [4.69, 9.17) is 0 Å². The number of likely N-dealkylation sites (tertiary alicyclic amines) is 2. The molecule has 2 fully saturated rings. The van der Waals surface area contributed by atoms with Crippen molar-refractivity contribution in [1.82, 2.24) is 15.1 Å². The molecule has 0 aromatic heterocycles. The largest absolute Gasteiger partial charge is 0.318 e. The van der Waals surface area contributed by atoms with E-state index in [0.717, 1.165) is 12.5 Å². The quantitative estimate of drug-likeness (QED) is 0.753. The lowest BCUT2D eigenvalue weighted by atomic mass is 9.96. The Morgan fingerprint density at radius 2 is 1.69 bits per heavy atom. The first kappa shape index (κ1) is 12.3. The Morgan fingerprint density at radius 3 is 2.31 bits per heavy atom. The molecule has 0 unspecified atom stereocenters. The summed E-state index contributed by atoms with van der Waals surface area (Å²) in [6.07, 6.45) is 5.70. The third-order valence-electron chi connectivity index (χ3n) is 4.10. The normalized spacial score (nSPS) is 25.3. The van der Waals surface area contributed by atoms with Crippen LogP contribution in [-0.2, 0) is 0 Å². The maximum absolute atomic E-state index is 3.24. The van der Waals surface area contributed by atoms with Crippen LogP contribution in [0.5, 0.6) is 0 Å². The second-order valence-corrected chi connectivity index (χ2v) is 5.40. The van der Waals surface area contributed by atoms with Gasteiger partial charge in [-0.2, -0.15) is 0 Å². The standard InChI is InChI=1S/C13H27N3/c1-14-6-11-15-9-4-13(5-10-15)12-16-7-2-3-8-16/h13-14H,2-12H2,1H3. The number of hydrogen-bond acceptors (Lipinski definition) is 3. The highest BCUT2D eigenvalue weighted by atomic mass is 15.2.